The van der Waals surface area contributed by atoms with Crippen LogP contribution in [0, 0.1) is 0 Å². The smallest absolute Gasteiger partial charge is 0.290 e. The predicted octanol–water partition coefficient (Wildman–Crippen LogP) is 4.24. The van der Waals surface area contributed by atoms with E-state index in [1.54, 1.807) is 35.2 Å². The lowest BCUT2D eigenvalue weighted by molar-refractivity contribution is 0.0708. The summed E-state index contributed by atoms with van der Waals surface area (Å²) < 4.78 is 11.6. The molecular weight excluding hydrogens is 404 g/mol. The molecule has 0 N–H and O–H groups in total. The molecule has 1 atom stereocenters. The Hall–Kier alpha value is -3.38. The molecule has 166 valence electrons. The number of carbonyl (C=O) groups is 1. The van der Waals surface area contributed by atoms with Crippen LogP contribution in [0.5, 0.6) is 5.75 Å². The summed E-state index contributed by atoms with van der Waals surface area (Å²) in [6, 6.07) is 14.1. The fourth-order valence-corrected chi connectivity index (χ4v) is 4.23. The SMILES string of the molecule is C=CCOc1ccc([C@H]2c3c(oc4ccccc4c3=O)C(=O)N2CCN(CC)CC)cc1. The first-order valence-corrected chi connectivity index (χ1v) is 11.0. The van der Waals surface area contributed by atoms with Crippen molar-refractivity contribution in [3.8, 4) is 5.75 Å². The summed E-state index contributed by atoms with van der Waals surface area (Å²) in [7, 11) is 0. The molecule has 6 heteroatoms. The second-order valence-electron chi connectivity index (χ2n) is 7.77. The summed E-state index contributed by atoms with van der Waals surface area (Å²) >= 11 is 0. The van der Waals surface area contributed by atoms with Gasteiger partial charge in [-0.2, -0.15) is 0 Å². The maximum absolute atomic E-state index is 13.5. The van der Waals surface area contributed by atoms with Crippen molar-refractivity contribution in [2.75, 3.05) is 32.8 Å². The van der Waals surface area contributed by atoms with E-state index >= 15 is 0 Å². The first kappa shape index (κ1) is 21.8. The van der Waals surface area contributed by atoms with Crippen LogP contribution >= 0.6 is 0 Å². The van der Waals surface area contributed by atoms with E-state index in [0.717, 1.165) is 25.2 Å². The van der Waals surface area contributed by atoms with Crippen LogP contribution in [-0.2, 0) is 0 Å². The third kappa shape index (κ3) is 3.94. The van der Waals surface area contributed by atoms with Crippen LogP contribution < -0.4 is 10.2 Å². The molecule has 0 radical (unpaired) electrons. The number of ether oxygens (including phenoxy) is 1. The molecule has 0 bridgehead atoms. The minimum absolute atomic E-state index is 0.144. The molecule has 0 saturated heterocycles. The molecule has 4 rings (SSSR count). The fourth-order valence-electron chi connectivity index (χ4n) is 4.23. The number of hydrogen-bond donors (Lipinski definition) is 0. The van der Waals surface area contributed by atoms with Gasteiger partial charge in [0.1, 0.15) is 17.9 Å². The lowest BCUT2D eigenvalue weighted by Gasteiger charge is -2.28. The molecular formula is C26H28N2O4. The molecule has 32 heavy (non-hydrogen) atoms. The molecule has 1 amide bonds. The van der Waals surface area contributed by atoms with E-state index in [4.69, 9.17) is 9.15 Å². The molecule has 0 saturated carbocycles. The van der Waals surface area contributed by atoms with Crippen LogP contribution in [0.15, 0.2) is 70.4 Å². The second kappa shape index (κ2) is 9.40. The molecule has 0 unspecified atom stereocenters. The van der Waals surface area contributed by atoms with E-state index in [9.17, 15) is 9.59 Å². The van der Waals surface area contributed by atoms with Gasteiger partial charge in [0.25, 0.3) is 5.91 Å². The largest absolute Gasteiger partial charge is 0.490 e. The molecule has 1 aliphatic rings. The molecule has 1 aliphatic heterocycles. The van der Waals surface area contributed by atoms with E-state index in [0.29, 0.717) is 35.4 Å². The summed E-state index contributed by atoms with van der Waals surface area (Å²) in [6.07, 6.45) is 1.69. The number of amides is 1. The molecule has 2 aromatic carbocycles. The van der Waals surface area contributed by atoms with Gasteiger partial charge in [0.2, 0.25) is 5.76 Å². The van der Waals surface area contributed by atoms with Gasteiger partial charge in [0.05, 0.1) is 17.0 Å². The van der Waals surface area contributed by atoms with Crippen molar-refractivity contribution in [3.05, 3.63) is 88.3 Å². The van der Waals surface area contributed by atoms with E-state index in [2.05, 4.69) is 25.3 Å². The van der Waals surface area contributed by atoms with Crippen LogP contribution in [0.4, 0.5) is 0 Å². The second-order valence-corrected chi connectivity index (χ2v) is 7.77. The minimum atomic E-state index is -0.498. The number of para-hydroxylation sites is 1. The van der Waals surface area contributed by atoms with Crippen molar-refractivity contribution in [2.45, 2.75) is 19.9 Å². The lowest BCUT2D eigenvalue weighted by atomic mass is 9.98. The van der Waals surface area contributed by atoms with Gasteiger partial charge in [0.15, 0.2) is 5.43 Å². The fraction of sp³-hybridized carbons (Fsp3) is 0.308. The number of likely N-dealkylation sites (N-methyl/N-ethyl adjacent to an activating group) is 1. The number of rotatable bonds is 9. The number of benzene rings is 2. The van der Waals surface area contributed by atoms with Gasteiger partial charge in [-0.15, -0.1) is 0 Å². The normalized spacial score (nSPS) is 15.4. The Bertz CT molecular complexity index is 1180. The zero-order chi connectivity index (χ0) is 22.7. The molecule has 0 aliphatic carbocycles. The van der Waals surface area contributed by atoms with E-state index in [1.807, 2.05) is 24.3 Å². The first-order chi connectivity index (χ1) is 15.6. The maximum Gasteiger partial charge on any atom is 0.290 e. The number of hydrogen-bond acceptors (Lipinski definition) is 5. The van der Waals surface area contributed by atoms with Gasteiger partial charge in [-0.1, -0.05) is 50.8 Å². The maximum atomic E-state index is 13.5. The Morgan fingerprint density at radius 1 is 1.09 bits per heavy atom. The van der Waals surface area contributed by atoms with Crippen molar-refractivity contribution in [2.24, 2.45) is 0 Å². The Morgan fingerprint density at radius 2 is 1.81 bits per heavy atom. The van der Waals surface area contributed by atoms with Crippen LogP contribution in [0.25, 0.3) is 11.0 Å². The van der Waals surface area contributed by atoms with E-state index in [-0.39, 0.29) is 17.1 Å². The molecule has 2 heterocycles. The Morgan fingerprint density at radius 3 is 2.50 bits per heavy atom. The summed E-state index contributed by atoms with van der Waals surface area (Å²) in [6.45, 7) is 11.3. The average molecular weight is 433 g/mol. The summed E-state index contributed by atoms with van der Waals surface area (Å²) in [5.74, 6) is 0.607. The van der Waals surface area contributed by atoms with Gasteiger partial charge in [-0.25, -0.2) is 0 Å². The van der Waals surface area contributed by atoms with Crippen molar-refractivity contribution in [3.63, 3.8) is 0 Å². The standard InChI is InChI=1S/C26H28N2O4/c1-4-17-31-19-13-11-18(12-14-19)23-22-24(29)20-9-7-8-10-21(20)32-25(22)26(30)28(23)16-15-27(5-2)6-3/h4,7-14,23H,1,5-6,15-17H2,2-3H3/t23-/m0/s1. The molecule has 3 aromatic rings. The van der Waals surface area contributed by atoms with Crippen molar-refractivity contribution >= 4 is 16.9 Å². The third-order valence-corrected chi connectivity index (χ3v) is 5.99. The predicted molar refractivity (Wildman–Crippen MR) is 125 cm³/mol. The van der Waals surface area contributed by atoms with Crippen LogP contribution in [0.1, 0.15) is 41.6 Å². The van der Waals surface area contributed by atoms with Crippen molar-refractivity contribution in [1.82, 2.24) is 9.80 Å². The summed E-state index contributed by atoms with van der Waals surface area (Å²) in [4.78, 5) is 30.9. The van der Waals surface area contributed by atoms with Gasteiger partial charge in [0, 0.05) is 13.1 Å². The third-order valence-electron chi connectivity index (χ3n) is 5.99. The van der Waals surface area contributed by atoms with Gasteiger partial charge >= 0.3 is 0 Å². The average Bonchev–Trinajstić information content (AvgIpc) is 3.10. The minimum Gasteiger partial charge on any atom is -0.490 e. The van der Waals surface area contributed by atoms with Crippen LogP contribution in [0.2, 0.25) is 0 Å². The van der Waals surface area contributed by atoms with Gasteiger partial charge in [-0.05, 0) is 42.9 Å². The Kier molecular flexibility index (Phi) is 6.42. The van der Waals surface area contributed by atoms with Crippen molar-refractivity contribution < 1.29 is 13.9 Å². The van der Waals surface area contributed by atoms with Crippen LogP contribution in [-0.4, -0.2) is 48.5 Å². The molecule has 1 aromatic heterocycles. The highest BCUT2D eigenvalue weighted by Crippen LogP contribution is 2.38. The van der Waals surface area contributed by atoms with Gasteiger partial charge in [-0.3, -0.25) is 9.59 Å². The summed E-state index contributed by atoms with van der Waals surface area (Å²) in [5, 5.41) is 0.487. The van der Waals surface area contributed by atoms with E-state index < -0.39 is 6.04 Å². The number of nitrogens with zero attached hydrogens (tertiary/aromatic N) is 2. The molecule has 0 spiro atoms. The number of fused-ring (bicyclic) bond motifs is 2. The first-order valence-electron chi connectivity index (χ1n) is 11.0. The topological polar surface area (TPSA) is 63.0 Å². The highest BCUT2D eigenvalue weighted by atomic mass is 16.5. The summed E-state index contributed by atoms with van der Waals surface area (Å²) in [5.41, 5.74) is 1.54. The Labute approximate surface area is 187 Å². The van der Waals surface area contributed by atoms with Crippen LogP contribution in [0.3, 0.4) is 0 Å². The Balaban J connectivity index is 1.79. The zero-order valence-corrected chi connectivity index (χ0v) is 18.5. The van der Waals surface area contributed by atoms with Gasteiger partial charge < -0.3 is 19.0 Å². The zero-order valence-electron chi connectivity index (χ0n) is 18.5. The van der Waals surface area contributed by atoms with E-state index in [1.165, 1.54) is 0 Å². The highest BCUT2D eigenvalue weighted by Gasteiger charge is 2.42. The monoisotopic (exact) mass is 432 g/mol. The highest BCUT2D eigenvalue weighted by molar-refractivity contribution is 5.99. The number of carbonyl (C=O) groups excluding carboxylic acids is 1. The molecule has 0 fully saturated rings. The molecule has 6 nitrogen and oxygen atoms in total. The lowest BCUT2D eigenvalue weighted by Crippen LogP contribution is -2.37. The van der Waals surface area contributed by atoms with Crippen molar-refractivity contribution in [1.29, 1.82) is 0 Å². The quantitative estimate of drug-likeness (QED) is 0.473.